The fraction of sp³-hybridized carbons (Fsp3) is 0.375. The molecule has 1 saturated heterocycles. The summed E-state index contributed by atoms with van der Waals surface area (Å²) in [6.07, 6.45) is 0.949. The number of anilines is 1. The van der Waals surface area contributed by atoms with E-state index in [-0.39, 0.29) is 22.2 Å². The number of hydrogen-bond acceptors (Lipinski definition) is 8. The lowest BCUT2D eigenvalue weighted by Crippen LogP contribution is -2.32. The molecule has 0 saturated carbocycles. The number of H-pyrrole nitrogens is 1. The molecule has 0 bridgehead atoms. The molecule has 2 aromatic heterocycles. The van der Waals surface area contributed by atoms with E-state index in [4.69, 9.17) is 0 Å². The van der Waals surface area contributed by atoms with Crippen molar-refractivity contribution in [3.05, 3.63) is 57.9 Å². The highest BCUT2D eigenvalue weighted by atomic mass is 32.2. The van der Waals surface area contributed by atoms with Gasteiger partial charge in [0.05, 0.1) is 22.4 Å². The van der Waals surface area contributed by atoms with Crippen molar-refractivity contribution in [3.63, 3.8) is 0 Å². The number of benzene rings is 2. The Morgan fingerprint density at radius 3 is 2.66 bits per heavy atom. The number of rotatable bonds is 5. The minimum absolute atomic E-state index is 0.0459. The Hall–Kier alpha value is -3.28. The molecule has 0 spiro atoms. The third-order valence-corrected chi connectivity index (χ3v) is 8.39. The van der Waals surface area contributed by atoms with Crippen molar-refractivity contribution in [2.45, 2.75) is 30.2 Å². The van der Waals surface area contributed by atoms with E-state index in [2.05, 4.69) is 25.1 Å². The standard InChI is InChI=1S/C24H28N6O4S/c1-16-4-7-21(17(2)14-16)35(33,34)24-22-25-23(32)19-6-5-18(15-20(19)30(22)27-26-24)29-9-3-8-28(10-11-29)12-13-31/h4-7,14-15,31H,3,8-13H2,1-2H3,(H,25,32). The number of aliphatic hydroxyl groups excluding tert-OH is 1. The minimum atomic E-state index is -4.00. The normalized spacial score (nSPS) is 15.7. The Morgan fingerprint density at radius 2 is 1.89 bits per heavy atom. The van der Waals surface area contributed by atoms with Crippen LogP contribution in [-0.2, 0) is 9.84 Å². The van der Waals surface area contributed by atoms with E-state index in [9.17, 15) is 18.3 Å². The molecule has 1 aliphatic rings. The summed E-state index contributed by atoms with van der Waals surface area (Å²) in [6, 6.07) is 10.6. The summed E-state index contributed by atoms with van der Waals surface area (Å²) >= 11 is 0. The average molecular weight is 497 g/mol. The number of aromatic amines is 1. The zero-order valence-electron chi connectivity index (χ0n) is 19.7. The van der Waals surface area contributed by atoms with Gasteiger partial charge in [-0.2, -0.15) is 4.52 Å². The van der Waals surface area contributed by atoms with Gasteiger partial charge < -0.3 is 15.0 Å². The number of hydrogen-bond donors (Lipinski definition) is 2. The molecule has 0 amide bonds. The summed E-state index contributed by atoms with van der Waals surface area (Å²) in [5.74, 6) is 0. The molecule has 2 N–H and O–H groups in total. The molecular formula is C24H28N6O4S. The molecule has 184 valence electrons. The van der Waals surface area contributed by atoms with Gasteiger partial charge in [0.25, 0.3) is 5.56 Å². The van der Waals surface area contributed by atoms with Gasteiger partial charge in [-0.1, -0.05) is 22.9 Å². The first kappa shape index (κ1) is 23.5. The van der Waals surface area contributed by atoms with Gasteiger partial charge in [0, 0.05) is 31.9 Å². The second-order valence-corrected chi connectivity index (χ2v) is 10.8. The van der Waals surface area contributed by atoms with Gasteiger partial charge in [-0.05, 0) is 56.6 Å². The van der Waals surface area contributed by atoms with Crippen LogP contribution in [0.3, 0.4) is 0 Å². The highest BCUT2D eigenvalue weighted by molar-refractivity contribution is 7.91. The number of aliphatic hydroxyl groups is 1. The predicted octanol–water partition coefficient (Wildman–Crippen LogP) is 1.52. The quantitative estimate of drug-likeness (QED) is 0.426. The summed E-state index contributed by atoms with van der Waals surface area (Å²) in [4.78, 5) is 20.2. The van der Waals surface area contributed by atoms with Gasteiger partial charge in [-0.3, -0.25) is 9.69 Å². The van der Waals surface area contributed by atoms with Crippen LogP contribution in [0.4, 0.5) is 5.69 Å². The van der Waals surface area contributed by atoms with Crippen molar-refractivity contribution in [1.82, 2.24) is 24.7 Å². The fourth-order valence-corrected chi connectivity index (χ4v) is 6.26. The molecule has 3 heterocycles. The van der Waals surface area contributed by atoms with Crippen LogP contribution in [0, 0.1) is 13.8 Å². The Morgan fingerprint density at radius 1 is 1.06 bits per heavy atom. The summed E-state index contributed by atoms with van der Waals surface area (Å²) in [5.41, 5.74) is 2.62. The van der Waals surface area contributed by atoms with Gasteiger partial charge in [-0.15, -0.1) is 5.10 Å². The van der Waals surface area contributed by atoms with E-state index in [0.717, 1.165) is 43.9 Å². The summed E-state index contributed by atoms with van der Waals surface area (Å²) < 4.78 is 28.3. The number of nitrogens with zero attached hydrogens (tertiary/aromatic N) is 5. The molecule has 0 aliphatic carbocycles. The maximum Gasteiger partial charge on any atom is 0.259 e. The molecule has 4 aromatic rings. The first-order chi connectivity index (χ1) is 16.8. The third kappa shape index (κ3) is 4.19. The van der Waals surface area contributed by atoms with E-state index in [1.54, 1.807) is 31.2 Å². The monoisotopic (exact) mass is 496 g/mol. The maximum absolute atomic E-state index is 13.5. The zero-order valence-corrected chi connectivity index (χ0v) is 20.5. The molecule has 0 radical (unpaired) electrons. The number of aromatic nitrogens is 4. The highest BCUT2D eigenvalue weighted by Gasteiger charge is 2.28. The maximum atomic E-state index is 13.5. The van der Waals surface area contributed by atoms with E-state index in [1.807, 2.05) is 19.1 Å². The second kappa shape index (κ2) is 9.06. The molecular weight excluding hydrogens is 468 g/mol. The number of fused-ring (bicyclic) bond motifs is 3. The Bertz CT molecular complexity index is 1580. The summed E-state index contributed by atoms with van der Waals surface area (Å²) in [6.45, 7) is 7.77. The van der Waals surface area contributed by atoms with Crippen molar-refractivity contribution in [3.8, 4) is 0 Å². The predicted molar refractivity (Wildman–Crippen MR) is 133 cm³/mol. The van der Waals surface area contributed by atoms with E-state index < -0.39 is 15.4 Å². The fourth-order valence-electron chi connectivity index (χ4n) is 4.78. The minimum Gasteiger partial charge on any atom is -0.395 e. The van der Waals surface area contributed by atoms with Crippen LogP contribution in [-0.4, -0.2) is 77.6 Å². The van der Waals surface area contributed by atoms with E-state index >= 15 is 0 Å². The Kier molecular flexibility index (Phi) is 6.07. The van der Waals surface area contributed by atoms with Crippen LogP contribution in [0.5, 0.6) is 0 Å². The highest BCUT2D eigenvalue weighted by Crippen LogP contribution is 2.27. The third-order valence-electron chi connectivity index (χ3n) is 6.57. The first-order valence-electron chi connectivity index (χ1n) is 11.6. The van der Waals surface area contributed by atoms with Crippen molar-refractivity contribution >= 4 is 32.1 Å². The van der Waals surface area contributed by atoms with Crippen LogP contribution >= 0.6 is 0 Å². The van der Waals surface area contributed by atoms with Crippen LogP contribution in [0.25, 0.3) is 16.6 Å². The van der Waals surface area contributed by atoms with Crippen LogP contribution in [0.1, 0.15) is 17.5 Å². The van der Waals surface area contributed by atoms with Crippen molar-refractivity contribution in [2.75, 3.05) is 44.2 Å². The van der Waals surface area contributed by atoms with Crippen molar-refractivity contribution < 1.29 is 13.5 Å². The zero-order chi connectivity index (χ0) is 24.7. The van der Waals surface area contributed by atoms with Gasteiger partial charge in [0.2, 0.25) is 14.9 Å². The SMILES string of the molecule is Cc1ccc(S(=O)(=O)c2nnn3c2[nH]c(=O)c2ccc(N4CCCN(CCO)CC4)cc23)c(C)c1. The van der Waals surface area contributed by atoms with E-state index in [1.165, 1.54) is 4.52 Å². The summed E-state index contributed by atoms with van der Waals surface area (Å²) in [5, 5.41) is 17.5. The van der Waals surface area contributed by atoms with Gasteiger partial charge >= 0.3 is 0 Å². The number of β-amino-alcohol motifs (C(OH)–C–C–N with tert-alkyl or cyclic N) is 1. The molecule has 2 aromatic carbocycles. The van der Waals surface area contributed by atoms with Crippen molar-refractivity contribution in [1.29, 1.82) is 0 Å². The molecule has 0 atom stereocenters. The Labute approximate surface area is 202 Å². The van der Waals surface area contributed by atoms with Crippen molar-refractivity contribution in [2.24, 2.45) is 0 Å². The molecule has 35 heavy (non-hydrogen) atoms. The molecule has 1 aliphatic heterocycles. The van der Waals surface area contributed by atoms with Crippen LogP contribution in [0.15, 0.2) is 51.1 Å². The molecule has 1 fully saturated rings. The number of sulfone groups is 1. The van der Waals surface area contributed by atoms with Gasteiger partial charge in [-0.25, -0.2) is 8.42 Å². The van der Waals surface area contributed by atoms with Gasteiger partial charge in [0.15, 0.2) is 5.65 Å². The molecule has 10 nitrogen and oxygen atoms in total. The lowest BCUT2D eigenvalue weighted by Gasteiger charge is -2.23. The van der Waals surface area contributed by atoms with Crippen LogP contribution in [0.2, 0.25) is 0 Å². The number of aryl methyl sites for hydroxylation is 2. The molecule has 5 rings (SSSR count). The average Bonchev–Trinajstić information content (AvgIpc) is 3.11. The second-order valence-electron chi connectivity index (χ2n) is 8.99. The largest absolute Gasteiger partial charge is 0.395 e. The van der Waals surface area contributed by atoms with Gasteiger partial charge in [0.1, 0.15) is 0 Å². The lowest BCUT2D eigenvalue weighted by molar-refractivity contribution is 0.204. The molecule has 11 heteroatoms. The van der Waals surface area contributed by atoms with E-state index in [0.29, 0.717) is 23.0 Å². The lowest BCUT2D eigenvalue weighted by atomic mass is 10.2. The first-order valence-corrected chi connectivity index (χ1v) is 13.1. The Balaban J connectivity index is 1.60. The van der Waals surface area contributed by atoms with Crippen LogP contribution < -0.4 is 10.5 Å². The smallest absolute Gasteiger partial charge is 0.259 e. The number of nitrogens with one attached hydrogen (secondary N) is 1. The summed E-state index contributed by atoms with van der Waals surface area (Å²) in [7, 11) is -4.00. The molecule has 0 unspecified atom stereocenters. The topological polar surface area (TPSA) is 124 Å².